The molecule has 316 valence electrons. The van der Waals surface area contributed by atoms with E-state index in [9.17, 15) is 5.11 Å². The number of ether oxygens (including phenoxy) is 4. The maximum atomic E-state index is 12.1. The van der Waals surface area contributed by atoms with Crippen molar-refractivity contribution in [3.05, 3.63) is 120 Å². The van der Waals surface area contributed by atoms with Crippen molar-refractivity contribution >= 4 is 8.32 Å². The van der Waals surface area contributed by atoms with Gasteiger partial charge in [-0.15, -0.1) is 0 Å². The van der Waals surface area contributed by atoms with Crippen molar-refractivity contribution in [1.82, 2.24) is 0 Å². The SMILES string of the molecule is CCCCCCC1(CCC/C=C/CC(O)C(OC(C)C)C(COC(c2ccccc2)(c2ccccc2)c2ccccc2)O[Si](C)(C)C(C)(C)C)OCC(C)(C)CO1. The largest absolute Gasteiger partial charge is 0.409 e. The minimum Gasteiger partial charge on any atom is -0.409 e. The number of aliphatic hydroxyl groups is 1. The summed E-state index contributed by atoms with van der Waals surface area (Å²) in [6.45, 7) is 23.6. The first-order valence-corrected chi connectivity index (χ1v) is 24.7. The van der Waals surface area contributed by atoms with Gasteiger partial charge in [0.25, 0.3) is 0 Å². The van der Waals surface area contributed by atoms with Crippen LogP contribution in [0.2, 0.25) is 18.1 Å². The van der Waals surface area contributed by atoms with Gasteiger partial charge in [0, 0.05) is 18.3 Å². The Bertz CT molecular complexity index is 1480. The Kier molecular flexibility index (Phi) is 17.8. The Labute approximate surface area is 347 Å². The summed E-state index contributed by atoms with van der Waals surface area (Å²) in [7, 11) is -2.37. The first kappa shape index (κ1) is 47.1. The molecule has 1 aliphatic heterocycles. The van der Waals surface area contributed by atoms with Crippen LogP contribution in [0, 0.1) is 5.41 Å². The first-order valence-electron chi connectivity index (χ1n) is 21.8. The molecule has 57 heavy (non-hydrogen) atoms. The fourth-order valence-electron chi connectivity index (χ4n) is 7.42. The zero-order valence-corrected chi connectivity index (χ0v) is 38.1. The van der Waals surface area contributed by atoms with Gasteiger partial charge in [-0.2, -0.15) is 0 Å². The van der Waals surface area contributed by atoms with Crippen molar-refractivity contribution < 1.29 is 28.5 Å². The monoisotopic (exact) mass is 801 g/mol. The molecule has 4 rings (SSSR count). The Hall–Kier alpha value is -2.62. The minimum absolute atomic E-state index is 0.0425. The van der Waals surface area contributed by atoms with E-state index in [1.54, 1.807) is 0 Å². The number of allylic oxidation sites excluding steroid dienone is 1. The van der Waals surface area contributed by atoms with Crippen molar-refractivity contribution in [2.45, 2.75) is 167 Å². The molecule has 7 heteroatoms. The summed E-state index contributed by atoms with van der Waals surface area (Å²) in [5.41, 5.74) is 2.18. The van der Waals surface area contributed by atoms with Crippen LogP contribution < -0.4 is 0 Å². The summed E-state index contributed by atoms with van der Waals surface area (Å²) < 4.78 is 34.2. The van der Waals surface area contributed by atoms with Crippen molar-refractivity contribution in [2.24, 2.45) is 5.41 Å². The molecular formula is C50H76O6Si. The van der Waals surface area contributed by atoms with Gasteiger partial charge >= 0.3 is 0 Å². The molecule has 1 aliphatic rings. The number of aliphatic hydroxyl groups excluding tert-OH is 1. The van der Waals surface area contributed by atoms with Gasteiger partial charge in [0.1, 0.15) is 11.7 Å². The Morgan fingerprint density at radius 2 is 1.26 bits per heavy atom. The lowest BCUT2D eigenvalue weighted by molar-refractivity contribution is -0.305. The standard InChI is InChI=1S/C50H76O6Si/c1-11-12-13-26-35-49(53-38-48(7,8)39-54-49)36-27-15-14-25-34-44(51)46(55-40(2)3)45(56-57(9,10)47(4,5)6)37-52-50(41-28-19-16-20-29-41,42-30-21-17-22-31-42)43-32-23-18-24-33-43/h14,16-25,28-33,40,44-46,51H,11-13,15,26-27,34-39H2,1-10H3/b25-14+. The van der Waals surface area contributed by atoms with Gasteiger partial charge in [-0.3, -0.25) is 0 Å². The van der Waals surface area contributed by atoms with Crippen LogP contribution in [-0.4, -0.2) is 63.4 Å². The van der Waals surface area contributed by atoms with Gasteiger partial charge in [-0.1, -0.05) is 164 Å². The lowest BCUT2D eigenvalue weighted by Crippen LogP contribution is -2.53. The molecule has 1 fully saturated rings. The average Bonchev–Trinajstić information content (AvgIpc) is 3.18. The Balaban J connectivity index is 1.58. The highest BCUT2D eigenvalue weighted by Crippen LogP contribution is 2.43. The number of hydrogen-bond donors (Lipinski definition) is 1. The van der Waals surface area contributed by atoms with Gasteiger partial charge < -0.3 is 28.5 Å². The molecule has 3 unspecified atom stereocenters. The van der Waals surface area contributed by atoms with Crippen LogP contribution in [0.15, 0.2) is 103 Å². The predicted molar refractivity (Wildman–Crippen MR) is 238 cm³/mol. The van der Waals surface area contributed by atoms with E-state index < -0.39 is 38.0 Å². The Morgan fingerprint density at radius 1 is 0.754 bits per heavy atom. The van der Waals surface area contributed by atoms with E-state index in [0.29, 0.717) is 6.42 Å². The van der Waals surface area contributed by atoms with Crippen molar-refractivity contribution in [1.29, 1.82) is 0 Å². The second-order valence-electron chi connectivity index (χ2n) is 18.8. The quantitative estimate of drug-likeness (QED) is 0.0446. The third-order valence-electron chi connectivity index (χ3n) is 11.8. The molecule has 0 radical (unpaired) electrons. The van der Waals surface area contributed by atoms with E-state index in [4.69, 9.17) is 23.4 Å². The first-order chi connectivity index (χ1) is 27.0. The fraction of sp³-hybridized carbons (Fsp3) is 0.600. The lowest BCUT2D eigenvalue weighted by Gasteiger charge is -2.44. The van der Waals surface area contributed by atoms with Gasteiger partial charge in [-0.05, 0) is 74.4 Å². The lowest BCUT2D eigenvalue weighted by atomic mass is 9.80. The normalized spacial score (nSPS) is 17.8. The fourth-order valence-corrected chi connectivity index (χ4v) is 8.73. The number of unbranched alkanes of at least 4 members (excludes halogenated alkanes) is 4. The maximum Gasteiger partial charge on any atom is 0.192 e. The zero-order valence-electron chi connectivity index (χ0n) is 37.1. The van der Waals surface area contributed by atoms with Gasteiger partial charge in [0.15, 0.2) is 14.1 Å². The summed E-state index contributed by atoms with van der Waals surface area (Å²) in [5.74, 6) is -0.490. The highest BCUT2D eigenvalue weighted by molar-refractivity contribution is 6.74. The average molecular weight is 801 g/mol. The third kappa shape index (κ3) is 13.4. The second kappa shape index (κ2) is 21.6. The highest BCUT2D eigenvalue weighted by atomic mass is 28.4. The molecule has 1 saturated heterocycles. The van der Waals surface area contributed by atoms with Crippen LogP contribution in [0.25, 0.3) is 0 Å². The van der Waals surface area contributed by atoms with E-state index in [1.807, 2.05) is 32.0 Å². The molecule has 3 aromatic rings. The summed E-state index contributed by atoms with van der Waals surface area (Å²) in [6.07, 6.45) is 11.1. The van der Waals surface area contributed by atoms with Crippen LogP contribution >= 0.6 is 0 Å². The van der Waals surface area contributed by atoms with Gasteiger partial charge in [0.2, 0.25) is 0 Å². The van der Waals surface area contributed by atoms with E-state index in [1.165, 1.54) is 19.3 Å². The second-order valence-corrected chi connectivity index (χ2v) is 23.5. The summed E-state index contributed by atoms with van der Waals surface area (Å²) in [4.78, 5) is 0. The molecular weight excluding hydrogens is 725 g/mol. The van der Waals surface area contributed by atoms with Gasteiger partial charge in [-0.25, -0.2) is 0 Å². The number of benzene rings is 3. The molecule has 0 bridgehead atoms. The zero-order chi connectivity index (χ0) is 41.6. The molecule has 0 spiro atoms. The number of rotatable bonds is 23. The van der Waals surface area contributed by atoms with E-state index in [-0.39, 0.29) is 23.2 Å². The molecule has 0 aromatic heterocycles. The summed E-state index contributed by atoms with van der Waals surface area (Å²) >= 11 is 0. The van der Waals surface area contributed by atoms with Crippen LogP contribution in [0.4, 0.5) is 0 Å². The van der Waals surface area contributed by atoms with E-state index >= 15 is 0 Å². The smallest absolute Gasteiger partial charge is 0.192 e. The number of hydrogen-bond acceptors (Lipinski definition) is 6. The molecule has 3 atom stereocenters. The van der Waals surface area contributed by atoms with Crippen molar-refractivity contribution in [2.75, 3.05) is 19.8 Å². The van der Waals surface area contributed by atoms with Crippen LogP contribution in [0.5, 0.6) is 0 Å². The molecule has 6 nitrogen and oxygen atoms in total. The van der Waals surface area contributed by atoms with Crippen LogP contribution in [0.1, 0.15) is 130 Å². The van der Waals surface area contributed by atoms with Gasteiger partial charge in [0.05, 0.1) is 38.1 Å². The topological polar surface area (TPSA) is 66.4 Å². The summed E-state index contributed by atoms with van der Waals surface area (Å²) in [6, 6.07) is 31.3. The predicted octanol–water partition coefficient (Wildman–Crippen LogP) is 12.4. The van der Waals surface area contributed by atoms with Crippen molar-refractivity contribution in [3.63, 3.8) is 0 Å². The molecule has 0 amide bonds. The Morgan fingerprint density at radius 3 is 1.74 bits per heavy atom. The third-order valence-corrected chi connectivity index (χ3v) is 16.3. The minimum atomic E-state index is -2.37. The van der Waals surface area contributed by atoms with Crippen molar-refractivity contribution in [3.8, 4) is 0 Å². The molecule has 0 aliphatic carbocycles. The molecule has 0 saturated carbocycles. The molecule has 1 heterocycles. The summed E-state index contributed by atoms with van der Waals surface area (Å²) in [5, 5.41) is 12.0. The highest BCUT2D eigenvalue weighted by Gasteiger charge is 2.45. The van der Waals surface area contributed by atoms with Crippen LogP contribution in [0.3, 0.4) is 0 Å². The van der Waals surface area contributed by atoms with Crippen LogP contribution in [-0.2, 0) is 29.0 Å². The maximum absolute atomic E-state index is 12.1. The van der Waals surface area contributed by atoms with E-state index in [2.05, 4.69) is 140 Å². The molecule has 3 aromatic carbocycles. The molecule has 1 N–H and O–H groups in total. The van der Waals surface area contributed by atoms with E-state index in [0.717, 1.165) is 62.0 Å².